The fraction of sp³-hybridized carbons (Fsp3) is 0.625. The van der Waals surface area contributed by atoms with Gasteiger partial charge in [0.05, 0.1) is 11.8 Å². The van der Waals surface area contributed by atoms with Gasteiger partial charge < -0.3 is 10.0 Å². The van der Waals surface area contributed by atoms with Crippen molar-refractivity contribution in [1.29, 1.82) is 0 Å². The van der Waals surface area contributed by atoms with Gasteiger partial charge in [-0.15, -0.1) is 0 Å². The lowest BCUT2D eigenvalue weighted by Gasteiger charge is -2.24. The zero-order valence-corrected chi connectivity index (χ0v) is 8.48. The molecule has 6 heteroatoms. The number of hydrogen-bond donors (Lipinski definition) is 2. The number of likely N-dealkylation sites (N-methyl/N-ethyl adjacent to an activating group) is 1. The molecule has 1 aromatic heterocycles. The van der Waals surface area contributed by atoms with E-state index in [1.165, 1.54) is 11.1 Å². The number of rotatable bonds is 3. The average molecular weight is 198 g/mol. The third-order valence-corrected chi connectivity index (χ3v) is 1.60. The molecule has 78 valence electrons. The fourth-order valence-electron chi connectivity index (χ4n) is 1.15. The summed E-state index contributed by atoms with van der Waals surface area (Å²) in [6.07, 6.45) is 1.35. The van der Waals surface area contributed by atoms with E-state index in [1.807, 2.05) is 0 Å². The van der Waals surface area contributed by atoms with Crippen LogP contribution in [0.3, 0.4) is 0 Å². The van der Waals surface area contributed by atoms with E-state index in [2.05, 4.69) is 15.4 Å². The average Bonchev–Trinajstić information content (AvgIpc) is 2.51. The summed E-state index contributed by atoms with van der Waals surface area (Å²) >= 11 is 0. The second-order valence-electron chi connectivity index (χ2n) is 3.83. The van der Waals surface area contributed by atoms with Crippen LogP contribution in [-0.4, -0.2) is 50.5 Å². The Bertz CT molecular complexity index is 302. The Morgan fingerprint density at radius 3 is 2.79 bits per heavy atom. The Hall–Kier alpha value is -1.43. The molecule has 0 aliphatic rings. The van der Waals surface area contributed by atoms with E-state index in [-0.39, 0.29) is 18.1 Å². The highest BCUT2D eigenvalue weighted by atomic mass is 16.3. The highest BCUT2D eigenvalue weighted by molar-refractivity contribution is 5.91. The lowest BCUT2D eigenvalue weighted by atomic mass is 10.1. The first-order valence-corrected chi connectivity index (χ1v) is 4.24. The van der Waals surface area contributed by atoms with E-state index in [0.29, 0.717) is 0 Å². The van der Waals surface area contributed by atoms with Crippen LogP contribution in [0.25, 0.3) is 0 Å². The van der Waals surface area contributed by atoms with Gasteiger partial charge in [-0.1, -0.05) is 0 Å². The lowest BCUT2D eigenvalue weighted by molar-refractivity contribution is 0.0365. The molecule has 2 N–H and O–H groups in total. The van der Waals surface area contributed by atoms with Gasteiger partial charge in [0.25, 0.3) is 5.91 Å². The Morgan fingerprint density at radius 1 is 1.71 bits per heavy atom. The van der Waals surface area contributed by atoms with Crippen molar-refractivity contribution in [3.63, 3.8) is 0 Å². The number of amides is 1. The van der Waals surface area contributed by atoms with Gasteiger partial charge in [0.2, 0.25) is 0 Å². The Morgan fingerprint density at radius 2 is 2.36 bits per heavy atom. The molecule has 0 radical (unpaired) electrons. The fourth-order valence-corrected chi connectivity index (χ4v) is 1.15. The first kappa shape index (κ1) is 10.6. The third kappa shape index (κ3) is 2.81. The highest BCUT2D eigenvalue weighted by Crippen LogP contribution is 2.05. The number of carbonyl (C=O) groups excluding carboxylic acids is 1. The molecule has 6 nitrogen and oxygen atoms in total. The molecule has 1 amide bonds. The van der Waals surface area contributed by atoms with Gasteiger partial charge in [0, 0.05) is 13.6 Å². The standard InChI is InChI=1S/C8H14N4O2/c1-8(2,14)5-12(3)7(13)6-4-9-11-10-6/h4,14H,5H2,1-3H3,(H,9,10,11). The third-order valence-electron chi connectivity index (χ3n) is 1.60. The van der Waals surface area contributed by atoms with E-state index in [0.717, 1.165) is 0 Å². The molecule has 1 rings (SSSR count). The van der Waals surface area contributed by atoms with Gasteiger partial charge in [0.1, 0.15) is 0 Å². The molecule has 0 fully saturated rings. The number of H-pyrrole nitrogens is 1. The van der Waals surface area contributed by atoms with E-state index in [4.69, 9.17) is 0 Å². The van der Waals surface area contributed by atoms with Crippen molar-refractivity contribution in [1.82, 2.24) is 20.3 Å². The Kier molecular flexibility index (Phi) is 2.85. The Labute approximate surface area is 81.9 Å². The molecule has 0 spiro atoms. The van der Waals surface area contributed by atoms with Crippen LogP contribution in [0.15, 0.2) is 6.20 Å². The predicted octanol–water partition coefficient (Wildman–Crippen LogP) is -0.352. The van der Waals surface area contributed by atoms with Gasteiger partial charge in [-0.2, -0.15) is 15.4 Å². The van der Waals surface area contributed by atoms with Crippen LogP contribution in [-0.2, 0) is 0 Å². The summed E-state index contributed by atoms with van der Waals surface area (Å²) in [5, 5.41) is 19.0. The number of hydrogen-bond acceptors (Lipinski definition) is 4. The number of aromatic amines is 1. The van der Waals surface area contributed by atoms with Crippen LogP contribution in [0.2, 0.25) is 0 Å². The minimum atomic E-state index is -0.909. The van der Waals surface area contributed by atoms with Crippen LogP contribution < -0.4 is 0 Å². The monoisotopic (exact) mass is 198 g/mol. The van der Waals surface area contributed by atoms with E-state index in [9.17, 15) is 9.90 Å². The zero-order valence-electron chi connectivity index (χ0n) is 8.48. The summed E-state index contributed by atoms with van der Waals surface area (Å²) < 4.78 is 0. The van der Waals surface area contributed by atoms with Crippen LogP contribution in [0.5, 0.6) is 0 Å². The molecular weight excluding hydrogens is 184 g/mol. The lowest BCUT2D eigenvalue weighted by Crippen LogP contribution is -2.39. The maximum atomic E-state index is 11.6. The smallest absolute Gasteiger partial charge is 0.275 e. The molecule has 0 saturated heterocycles. The maximum absolute atomic E-state index is 11.6. The first-order valence-electron chi connectivity index (χ1n) is 4.24. The van der Waals surface area contributed by atoms with E-state index in [1.54, 1.807) is 20.9 Å². The van der Waals surface area contributed by atoms with E-state index < -0.39 is 5.60 Å². The van der Waals surface area contributed by atoms with Crippen molar-refractivity contribution in [2.24, 2.45) is 0 Å². The molecule has 0 aromatic carbocycles. The van der Waals surface area contributed by atoms with Gasteiger partial charge in [0.15, 0.2) is 5.69 Å². The van der Waals surface area contributed by atoms with Crippen molar-refractivity contribution in [2.75, 3.05) is 13.6 Å². The molecule has 0 bridgehead atoms. The van der Waals surface area contributed by atoms with Crippen molar-refractivity contribution < 1.29 is 9.90 Å². The van der Waals surface area contributed by atoms with Crippen molar-refractivity contribution in [3.8, 4) is 0 Å². The second-order valence-corrected chi connectivity index (χ2v) is 3.83. The number of aromatic nitrogens is 3. The van der Waals surface area contributed by atoms with Gasteiger partial charge in [-0.05, 0) is 13.8 Å². The van der Waals surface area contributed by atoms with Gasteiger partial charge >= 0.3 is 0 Å². The van der Waals surface area contributed by atoms with Crippen LogP contribution in [0, 0.1) is 0 Å². The van der Waals surface area contributed by atoms with Crippen molar-refractivity contribution >= 4 is 5.91 Å². The van der Waals surface area contributed by atoms with E-state index >= 15 is 0 Å². The first-order chi connectivity index (χ1) is 6.40. The Balaban J connectivity index is 2.63. The summed E-state index contributed by atoms with van der Waals surface area (Å²) in [6.45, 7) is 3.53. The van der Waals surface area contributed by atoms with Crippen LogP contribution >= 0.6 is 0 Å². The van der Waals surface area contributed by atoms with Crippen LogP contribution in [0.1, 0.15) is 24.3 Å². The maximum Gasteiger partial charge on any atom is 0.275 e. The molecule has 0 atom stereocenters. The van der Waals surface area contributed by atoms with Crippen molar-refractivity contribution in [3.05, 3.63) is 11.9 Å². The number of nitrogens with one attached hydrogen (secondary N) is 1. The number of aliphatic hydroxyl groups is 1. The second kappa shape index (κ2) is 3.75. The molecule has 0 unspecified atom stereocenters. The molecule has 0 aliphatic heterocycles. The minimum absolute atomic E-state index is 0.247. The largest absolute Gasteiger partial charge is 0.389 e. The minimum Gasteiger partial charge on any atom is -0.389 e. The molecular formula is C8H14N4O2. The molecule has 0 saturated carbocycles. The number of nitrogens with zero attached hydrogens (tertiary/aromatic N) is 3. The molecule has 0 aliphatic carbocycles. The summed E-state index contributed by atoms with van der Waals surface area (Å²) in [4.78, 5) is 13.0. The van der Waals surface area contributed by atoms with Gasteiger partial charge in [-0.3, -0.25) is 4.79 Å². The molecule has 14 heavy (non-hydrogen) atoms. The SMILES string of the molecule is CN(CC(C)(C)O)C(=O)c1cn[nH]n1. The molecule has 1 heterocycles. The van der Waals surface area contributed by atoms with Crippen LogP contribution in [0.4, 0.5) is 0 Å². The predicted molar refractivity (Wildman–Crippen MR) is 49.6 cm³/mol. The van der Waals surface area contributed by atoms with Gasteiger partial charge in [-0.25, -0.2) is 0 Å². The highest BCUT2D eigenvalue weighted by Gasteiger charge is 2.21. The summed E-state index contributed by atoms with van der Waals surface area (Å²) in [7, 11) is 1.61. The summed E-state index contributed by atoms with van der Waals surface area (Å²) in [6, 6.07) is 0. The quantitative estimate of drug-likeness (QED) is 0.695. The zero-order chi connectivity index (χ0) is 10.8. The normalized spacial score (nSPS) is 11.4. The number of carbonyl (C=O) groups is 1. The summed E-state index contributed by atoms with van der Waals surface area (Å²) in [5.41, 5.74) is -0.662. The summed E-state index contributed by atoms with van der Waals surface area (Å²) in [5.74, 6) is -0.263. The van der Waals surface area contributed by atoms with Crippen molar-refractivity contribution in [2.45, 2.75) is 19.4 Å². The topological polar surface area (TPSA) is 82.1 Å². The molecule has 1 aromatic rings.